The molecule has 2 aromatic heterocycles. The highest BCUT2D eigenvalue weighted by molar-refractivity contribution is 5.74. The molecule has 5 rings (SSSR count). The second-order valence-corrected chi connectivity index (χ2v) is 7.99. The molecule has 7 nitrogen and oxygen atoms in total. The number of carbonyl (C=O) groups excluding carboxylic acids is 1. The van der Waals surface area contributed by atoms with Crippen molar-refractivity contribution >= 4 is 11.7 Å². The first-order chi connectivity index (χ1) is 14.1. The highest BCUT2D eigenvalue weighted by atomic mass is 16.2. The quantitative estimate of drug-likeness (QED) is 0.690. The summed E-state index contributed by atoms with van der Waals surface area (Å²) < 4.78 is 1.94. The number of carbonyl (C=O) groups is 1. The Morgan fingerprint density at radius 1 is 1.03 bits per heavy atom. The largest absolute Gasteiger partial charge is 0.354 e. The van der Waals surface area contributed by atoms with Crippen molar-refractivity contribution in [3.63, 3.8) is 0 Å². The third-order valence-corrected chi connectivity index (χ3v) is 6.23. The van der Waals surface area contributed by atoms with E-state index in [1.54, 1.807) is 13.1 Å². The predicted octanol–water partition coefficient (Wildman–Crippen LogP) is 2.53. The summed E-state index contributed by atoms with van der Waals surface area (Å²) >= 11 is 0. The maximum absolute atomic E-state index is 12.3. The summed E-state index contributed by atoms with van der Waals surface area (Å²) in [5, 5.41) is 8.88. The Labute approximate surface area is 170 Å². The lowest BCUT2D eigenvalue weighted by molar-refractivity contribution is -0.130. The smallest absolute Gasteiger partial charge is 0.219 e. The monoisotopic (exact) mass is 388 g/mol. The van der Waals surface area contributed by atoms with Crippen molar-refractivity contribution in [2.75, 3.05) is 24.5 Å². The SMILES string of the molecule is CC(=O)N1C[C@H]2CN(c3ccc(-c4nccn4C)nn3)C[C@H]2[C@H]1c1ccccc1. The fourth-order valence-corrected chi connectivity index (χ4v) is 4.86. The number of anilines is 1. The van der Waals surface area contributed by atoms with Crippen LogP contribution in [0.4, 0.5) is 5.82 Å². The van der Waals surface area contributed by atoms with Crippen molar-refractivity contribution in [2.45, 2.75) is 13.0 Å². The molecule has 0 bridgehead atoms. The minimum absolute atomic E-state index is 0.128. The van der Waals surface area contributed by atoms with Crippen molar-refractivity contribution in [2.24, 2.45) is 18.9 Å². The van der Waals surface area contributed by atoms with E-state index in [1.807, 2.05) is 40.9 Å². The molecule has 4 heterocycles. The molecule has 2 fully saturated rings. The molecule has 7 heteroatoms. The van der Waals surface area contributed by atoms with Gasteiger partial charge in [-0.15, -0.1) is 10.2 Å². The molecule has 0 aliphatic carbocycles. The molecule has 1 amide bonds. The number of fused-ring (bicyclic) bond motifs is 1. The van der Waals surface area contributed by atoms with Gasteiger partial charge >= 0.3 is 0 Å². The third-order valence-electron chi connectivity index (χ3n) is 6.23. The Hall–Kier alpha value is -3.22. The van der Waals surface area contributed by atoms with Crippen LogP contribution in [0.2, 0.25) is 0 Å². The van der Waals surface area contributed by atoms with Crippen molar-refractivity contribution in [3.8, 4) is 11.5 Å². The zero-order chi connectivity index (χ0) is 20.0. The van der Waals surface area contributed by atoms with Gasteiger partial charge in [-0.25, -0.2) is 4.98 Å². The number of hydrogen-bond acceptors (Lipinski definition) is 5. The number of benzene rings is 1. The lowest BCUT2D eigenvalue weighted by Crippen LogP contribution is -2.34. The van der Waals surface area contributed by atoms with Gasteiger partial charge in [-0.1, -0.05) is 30.3 Å². The maximum atomic E-state index is 12.3. The summed E-state index contributed by atoms with van der Waals surface area (Å²) in [4.78, 5) is 21.0. The average molecular weight is 388 g/mol. The van der Waals surface area contributed by atoms with E-state index in [1.165, 1.54) is 5.56 Å². The minimum Gasteiger partial charge on any atom is -0.354 e. The lowest BCUT2D eigenvalue weighted by Gasteiger charge is -2.29. The Kier molecular flexibility index (Phi) is 4.30. The van der Waals surface area contributed by atoms with Crippen LogP contribution in [0.3, 0.4) is 0 Å². The van der Waals surface area contributed by atoms with Gasteiger partial charge in [0.25, 0.3) is 0 Å². The van der Waals surface area contributed by atoms with Crippen molar-refractivity contribution < 1.29 is 4.79 Å². The number of aryl methyl sites for hydroxylation is 1. The van der Waals surface area contributed by atoms with Crippen LogP contribution < -0.4 is 4.90 Å². The fourth-order valence-electron chi connectivity index (χ4n) is 4.86. The number of rotatable bonds is 3. The standard InChI is InChI=1S/C22H24N6O/c1-15(29)28-13-17-12-27(14-18(17)21(28)16-6-4-3-5-7-16)20-9-8-19(24-25-20)22-23-10-11-26(22)2/h3-11,17-18,21H,12-14H2,1-2H3/t17-,18-,21-/m1/s1. The van der Waals surface area contributed by atoms with Gasteiger partial charge in [0.15, 0.2) is 11.6 Å². The Balaban J connectivity index is 1.38. The Bertz CT molecular complexity index is 1020. The van der Waals surface area contributed by atoms with Crippen LogP contribution in [-0.2, 0) is 11.8 Å². The van der Waals surface area contributed by atoms with E-state index in [0.717, 1.165) is 37.0 Å². The Morgan fingerprint density at radius 2 is 1.86 bits per heavy atom. The van der Waals surface area contributed by atoms with Crippen molar-refractivity contribution in [1.29, 1.82) is 0 Å². The second-order valence-electron chi connectivity index (χ2n) is 7.99. The van der Waals surface area contributed by atoms with E-state index in [0.29, 0.717) is 11.8 Å². The summed E-state index contributed by atoms with van der Waals surface area (Å²) in [6.07, 6.45) is 3.66. The summed E-state index contributed by atoms with van der Waals surface area (Å²) in [7, 11) is 1.95. The number of hydrogen-bond donors (Lipinski definition) is 0. The fraction of sp³-hybridized carbons (Fsp3) is 0.364. The zero-order valence-electron chi connectivity index (χ0n) is 16.6. The molecular formula is C22H24N6O. The number of likely N-dealkylation sites (tertiary alicyclic amines) is 1. The van der Waals surface area contributed by atoms with Gasteiger partial charge in [-0.05, 0) is 17.7 Å². The topological polar surface area (TPSA) is 67.2 Å². The first kappa shape index (κ1) is 17.8. The van der Waals surface area contributed by atoms with Crippen molar-refractivity contribution in [3.05, 3.63) is 60.4 Å². The molecule has 1 aromatic carbocycles. The molecule has 0 unspecified atom stereocenters. The van der Waals surface area contributed by atoms with Crippen LogP contribution in [0.15, 0.2) is 54.9 Å². The van der Waals surface area contributed by atoms with Crippen LogP contribution in [0, 0.1) is 11.8 Å². The molecule has 2 aliphatic rings. The number of imidazole rings is 1. The molecule has 0 N–H and O–H groups in total. The molecule has 0 saturated carbocycles. The number of aromatic nitrogens is 4. The third kappa shape index (κ3) is 3.06. The van der Waals surface area contributed by atoms with Crippen LogP contribution in [-0.4, -0.2) is 50.2 Å². The van der Waals surface area contributed by atoms with Gasteiger partial charge in [0.05, 0.1) is 6.04 Å². The first-order valence-electron chi connectivity index (χ1n) is 10.0. The molecule has 148 valence electrons. The Morgan fingerprint density at radius 3 is 2.52 bits per heavy atom. The van der Waals surface area contributed by atoms with Gasteiger partial charge in [-0.3, -0.25) is 4.79 Å². The predicted molar refractivity (Wildman–Crippen MR) is 110 cm³/mol. The molecule has 2 aliphatic heterocycles. The molecule has 2 saturated heterocycles. The van der Waals surface area contributed by atoms with Crippen molar-refractivity contribution in [1.82, 2.24) is 24.6 Å². The number of amides is 1. The summed E-state index contributed by atoms with van der Waals surface area (Å²) in [6.45, 7) is 4.25. The van der Waals surface area contributed by atoms with Gasteiger partial charge in [0.1, 0.15) is 5.69 Å². The summed E-state index contributed by atoms with van der Waals surface area (Å²) in [6, 6.07) is 14.5. The molecule has 3 atom stereocenters. The van der Waals surface area contributed by atoms with E-state index in [-0.39, 0.29) is 11.9 Å². The highest BCUT2D eigenvalue weighted by Gasteiger charge is 2.48. The summed E-state index contributed by atoms with van der Waals surface area (Å²) in [5.74, 6) is 2.69. The average Bonchev–Trinajstić information content (AvgIpc) is 3.42. The van der Waals surface area contributed by atoms with Gasteiger partial charge < -0.3 is 14.4 Å². The molecule has 29 heavy (non-hydrogen) atoms. The summed E-state index contributed by atoms with van der Waals surface area (Å²) in [5.41, 5.74) is 1.99. The zero-order valence-corrected chi connectivity index (χ0v) is 16.6. The second kappa shape index (κ2) is 6.99. The van der Waals surface area contributed by atoms with E-state index in [2.05, 4.69) is 44.3 Å². The van der Waals surface area contributed by atoms with Crippen LogP contribution in [0.5, 0.6) is 0 Å². The van der Waals surface area contributed by atoms with Crippen LogP contribution in [0.25, 0.3) is 11.5 Å². The van der Waals surface area contributed by atoms with E-state index < -0.39 is 0 Å². The highest BCUT2D eigenvalue weighted by Crippen LogP contribution is 2.45. The number of nitrogens with zero attached hydrogens (tertiary/aromatic N) is 6. The molecule has 0 spiro atoms. The molecule has 0 radical (unpaired) electrons. The molecular weight excluding hydrogens is 364 g/mol. The molecule has 3 aromatic rings. The minimum atomic E-state index is 0.128. The first-order valence-corrected chi connectivity index (χ1v) is 10.0. The van der Waals surface area contributed by atoms with Gasteiger partial charge in [0.2, 0.25) is 5.91 Å². The van der Waals surface area contributed by atoms with Crippen LogP contribution >= 0.6 is 0 Å². The van der Waals surface area contributed by atoms with E-state index >= 15 is 0 Å². The normalized spacial score (nSPS) is 23.4. The van der Waals surface area contributed by atoms with E-state index in [9.17, 15) is 4.79 Å². The van der Waals surface area contributed by atoms with Gasteiger partial charge in [0, 0.05) is 57.8 Å². The van der Waals surface area contributed by atoms with Gasteiger partial charge in [-0.2, -0.15) is 0 Å². The van der Waals surface area contributed by atoms with E-state index in [4.69, 9.17) is 0 Å². The maximum Gasteiger partial charge on any atom is 0.219 e. The lowest BCUT2D eigenvalue weighted by atomic mass is 9.89. The van der Waals surface area contributed by atoms with Crippen LogP contribution in [0.1, 0.15) is 18.5 Å².